The van der Waals surface area contributed by atoms with Gasteiger partial charge in [-0.2, -0.15) is 5.10 Å². The molecule has 1 aliphatic heterocycles. The molecular formula is C18H19N3O2S. The van der Waals surface area contributed by atoms with E-state index in [2.05, 4.69) is 10.2 Å². The first-order chi connectivity index (χ1) is 11.7. The summed E-state index contributed by atoms with van der Waals surface area (Å²) in [4.78, 5) is 14.3. The summed E-state index contributed by atoms with van der Waals surface area (Å²) in [7, 11) is 0. The van der Waals surface area contributed by atoms with Gasteiger partial charge in [0.15, 0.2) is 5.17 Å². The van der Waals surface area contributed by atoms with Crippen LogP contribution in [0.2, 0.25) is 0 Å². The van der Waals surface area contributed by atoms with Gasteiger partial charge in [-0.15, -0.1) is 5.10 Å². The molecule has 0 spiro atoms. The highest BCUT2D eigenvalue weighted by Gasteiger charge is 2.37. The van der Waals surface area contributed by atoms with E-state index in [9.17, 15) is 4.79 Å². The Morgan fingerprint density at radius 2 is 2.12 bits per heavy atom. The number of hydrogen-bond donors (Lipinski definition) is 0. The molecule has 1 atom stereocenters. The number of rotatable bonds is 5. The van der Waals surface area contributed by atoms with E-state index in [-0.39, 0.29) is 11.2 Å². The molecule has 1 saturated heterocycles. The lowest BCUT2D eigenvalue weighted by Gasteiger charge is -2.17. The topological polar surface area (TPSA) is 58.2 Å². The van der Waals surface area contributed by atoms with Crippen LogP contribution >= 0.6 is 11.8 Å². The predicted molar refractivity (Wildman–Crippen MR) is 97.1 cm³/mol. The number of carbonyl (C=O) groups excluding carboxylic acids is 1. The van der Waals surface area contributed by atoms with E-state index in [0.29, 0.717) is 17.5 Å². The second-order valence-corrected chi connectivity index (χ2v) is 6.68. The molecular weight excluding hydrogens is 322 g/mol. The average Bonchev–Trinajstić information content (AvgIpc) is 3.19. The number of benzene rings is 1. The zero-order chi connectivity index (χ0) is 16.9. The molecule has 1 aliphatic rings. The Bertz CT molecular complexity index is 768. The smallest absolute Gasteiger partial charge is 0.242 e. The van der Waals surface area contributed by atoms with Crippen molar-refractivity contribution >= 4 is 29.1 Å². The standard InChI is InChI=1S/C18H19N3O2S/c1-3-16-17(22)21(12-14-8-5-4-7-13(14)2)18(24-16)20-19-11-15-9-6-10-23-15/h4-11,16H,3,12H2,1-2H3/b19-11+,20-18-. The summed E-state index contributed by atoms with van der Waals surface area (Å²) in [5.41, 5.74) is 2.28. The fourth-order valence-corrected chi connectivity index (χ4v) is 3.47. The molecule has 1 unspecified atom stereocenters. The molecule has 0 saturated carbocycles. The molecule has 0 N–H and O–H groups in total. The highest BCUT2D eigenvalue weighted by atomic mass is 32.2. The first-order valence-electron chi connectivity index (χ1n) is 7.86. The maximum absolute atomic E-state index is 12.6. The molecule has 124 valence electrons. The second kappa shape index (κ2) is 7.49. The van der Waals surface area contributed by atoms with Crippen LogP contribution < -0.4 is 0 Å². The van der Waals surface area contributed by atoms with Gasteiger partial charge >= 0.3 is 0 Å². The van der Waals surface area contributed by atoms with E-state index in [1.165, 1.54) is 11.8 Å². The van der Waals surface area contributed by atoms with Crippen molar-refractivity contribution < 1.29 is 9.21 Å². The molecule has 2 aromatic rings. The van der Waals surface area contributed by atoms with Crippen molar-refractivity contribution in [3.05, 3.63) is 59.5 Å². The summed E-state index contributed by atoms with van der Waals surface area (Å²) < 4.78 is 5.19. The fourth-order valence-electron chi connectivity index (χ4n) is 2.45. The molecule has 0 aliphatic carbocycles. The average molecular weight is 341 g/mol. The highest BCUT2D eigenvalue weighted by molar-refractivity contribution is 8.15. The van der Waals surface area contributed by atoms with Gasteiger partial charge in [0.1, 0.15) is 5.76 Å². The minimum absolute atomic E-state index is 0.0911. The van der Waals surface area contributed by atoms with Crippen molar-refractivity contribution in [3.8, 4) is 0 Å². The first kappa shape index (κ1) is 16.5. The molecule has 1 aromatic carbocycles. The van der Waals surface area contributed by atoms with Crippen molar-refractivity contribution in [2.75, 3.05) is 0 Å². The van der Waals surface area contributed by atoms with Crippen molar-refractivity contribution in [3.63, 3.8) is 0 Å². The molecule has 3 rings (SSSR count). The van der Waals surface area contributed by atoms with Gasteiger partial charge < -0.3 is 4.42 Å². The van der Waals surface area contributed by atoms with Crippen LogP contribution in [0.4, 0.5) is 0 Å². The predicted octanol–water partition coefficient (Wildman–Crippen LogP) is 3.83. The van der Waals surface area contributed by atoms with E-state index in [0.717, 1.165) is 17.5 Å². The largest absolute Gasteiger partial charge is 0.463 e. The second-order valence-electron chi connectivity index (χ2n) is 5.51. The lowest BCUT2D eigenvalue weighted by Crippen LogP contribution is -2.31. The quantitative estimate of drug-likeness (QED) is 0.613. The number of furan rings is 1. The van der Waals surface area contributed by atoms with Crippen LogP contribution in [-0.2, 0) is 11.3 Å². The molecule has 1 amide bonds. The fraction of sp³-hybridized carbons (Fsp3) is 0.278. The number of amidine groups is 1. The van der Waals surface area contributed by atoms with Gasteiger partial charge in [0.05, 0.1) is 24.3 Å². The minimum Gasteiger partial charge on any atom is -0.463 e. The van der Waals surface area contributed by atoms with Gasteiger partial charge in [0, 0.05) is 0 Å². The summed E-state index contributed by atoms with van der Waals surface area (Å²) in [6, 6.07) is 11.7. The molecule has 6 heteroatoms. The minimum atomic E-state index is -0.0911. The van der Waals surface area contributed by atoms with Crippen LogP contribution in [0.3, 0.4) is 0 Å². The van der Waals surface area contributed by atoms with Crippen molar-refractivity contribution in [1.82, 2.24) is 4.90 Å². The Morgan fingerprint density at radius 3 is 2.83 bits per heavy atom. The first-order valence-corrected chi connectivity index (χ1v) is 8.74. The molecule has 24 heavy (non-hydrogen) atoms. The third-order valence-corrected chi connectivity index (χ3v) is 5.18. The number of hydrogen-bond acceptors (Lipinski definition) is 5. The summed E-state index contributed by atoms with van der Waals surface area (Å²) in [6.07, 6.45) is 3.90. The zero-order valence-electron chi connectivity index (χ0n) is 13.7. The van der Waals surface area contributed by atoms with Crippen LogP contribution in [0.25, 0.3) is 0 Å². The zero-order valence-corrected chi connectivity index (χ0v) is 14.5. The van der Waals surface area contributed by atoms with Gasteiger partial charge in [-0.1, -0.05) is 43.0 Å². The highest BCUT2D eigenvalue weighted by Crippen LogP contribution is 2.31. The molecule has 2 heterocycles. The van der Waals surface area contributed by atoms with Gasteiger partial charge in [-0.05, 0) is 36.6 Å². The maximum Gasteiger partial charge on any atom is 0.242 e. The Labute approximate surface area is 145 Å². The van der Waals surface area contributed by atoms with Gasteiger partial charge in [-0.25, -0.2) is 0 Å². The summed E-state index contributed by atoms with van der Waals surface area (Å²) in [6.45, 7) is 4.58. The van der Waals surface area contributed by atoms with E-state index < -0.39 is 0 Å². The normalized spacial score (nSPS) is 19.8. The third kappa shape index (κ3) is 3.59. The van der Waals surface area contributed by atoms with Gasteiger partial charge in [-0.3, -0.25) is 9.69 Å². The number of nitrogens with zero attached hydrogens (tertiary/aromatic N) is 3. The Kier molecular flexibility index (Phi) is 5.15. The third-order valence-electron chi connectivity index (χ3n) is 3.85. The lowest BCUT2D eigenvalue weighted by molar-refractivity contribution is -0.126. The molecule has 1 aromatic heterocycles. The number of amides is 1. The number of carbonyl (C=O) groups is 1. The summed E-state index contributed by atoms with van der Waals surface area (Å²) in [5.74, 6) is 0.726. The van der Waals surface area contributed by atoms with Crippen LogP contribution in [0.1, 0.15) is 30.2 Å². The Balaban J connectivity index is 1.82. The molecule has 1 fully saturated rings. The van der Waals surface area contributed by atoms with E-state index in [1.807, 2.05) is 38.1 Å². The summed E-state index contributed by atoms with van der Waals surface area (Å²) in [5, 5.41) is 8.86. The number of thioether (sulfide) groups is 1. The van der Waals surface area contributed by atoms with Crippen molar-refractivity contribution in [2.45, 2.75) is 32.1 Å². The van der Waals surface area contributed by atoms with Crippen molar-refractivity contribution in [2.24, 2.45) is 10.2 Å². The lowest BCUT2D eigenvalue weighted by atomic mass is 10.1. The Hall–Kier alpha value is -2.34. The van der Waals surface area contributed by atoms with E-state index in [4.69, 9.17) is 4.42 Å². The van der Waals surface area contributed by atoms with Crippen LogP contribution in [0.5, 0.6) is 0 Å². The maximum atomic E-state index is 12.6. The number of aryl methyl sites for hydroxylation is 1. The molecule has 0 bridgehead atoms. The van der Waals surface area contributed by atoms with Gasteiger partial charge in [0.25, 0.3) is 0 Å². The van der Waals surface area contributed by atoms with Crippen LogP contribution in [0.15, 0.2) is 57.3 Å². The van der Waals surface area contributed by atoms with E-state index in [1.54, 1.807) is 29.5 Å². The monoisotopic (exact) mass is 341 g/mol. The SMILES string of the molecule is CCC1S/C(=N\N=C\c2ccco2)N(Cc2ccccc2C)C1=O. The van der Waals surface area contributed by atoms with E-state index >= 15 is 0 Å². The summed E-state index contributed by atoms with van der Waals surface area (Å²) >= 11 is 1.47. The molecule has 0 radical (unpaired) electrons. The van der Waals surface area contributed by atoms with Gasteiger partial charge in [0.2, 0.25) is 5.91 Å². The Morgan fingerprint density at radius 1 is 1.29 bits per heavy atom. The van der Waals surface area contributed by atoms with Crippen molar-refractivity contribution in [1.29, 1.82) is 0 Å². The molecule has 5 nitrogen and oxygen atoms in total. The van der Waals surface area contributed by atoms with Crippen LogP contribution in [0, 0.1) is 6.92 Å². The van der Waals surface area contributed by atoms with Crippen LogP contribution in [-0.4, -0.2) is 27.4 Å².